The van der Waals surface area contributed by atoms with Crippen LogP contribution in [0.15, 0.2) is 24.8 Å². The van der Waals surface area contributed by atoms with Gasteiger partial charge in [-0.1, -0.05) is 89.4 Å². The van der Waals surface area contributed by atoms with Gasteiger partial charge in [-0.25, -0.2) is 0 Å². The molecule has 0 unspecified atom stereocenters. The maximum Gasteiger partial charge on any atom is -0.0233 e. The zero-order valence-electron chi connectivity index (χ0n) is 21.0. The Bertz CT molecular complexity index is 478. The fraction of sp³-hybridized carbons (Fsp3) is 0.871. The van der Waals surface area contributed by atoms with E-state index in [1.165, 1.54) is 103 Å². The van der Waals surface area contributed by atoms with Crippen LogP contribution in [0.1, 0.15) is 135 Å². The summed E-state index contributed by atoms with van der Waals surface area (Å²) in [6.45, 7) is 6.22. The van der Waals surface area contributed by atoms with Gasteiger partial charge in [0, 0.05) is 0 Å². The van der Waals surface area contributed by atoms with Crippen LogP contribution in [-0.2, 0) is 0 Å². The molecule has 0 aromatic rings. The van der Waals surface area contributed by atoms with Gasteiger partial charge in [-0.2, -0.15) is 0 Å². The SMILES string of the molecule is C=CCC[C@H]1CC[C@H](CC/C=C/C2CCC([C@H]3CC[C@H](CCCCC)CC3)CC2)CC1. The molecule has 178 valence electrons. The van der Waals surface area contributed by atoms with Crippen molar-refractivity contribution in [3.63, 3.8) is 0 Å². The first-order valence-electron chi connectivity index (χ1n) is 14.6. The average Bonchev–Trinajstić information content (AvgIpc) is 2.82. The van der Waals surface area contributed by atoms with Crippen LogP contribution in [0.2, 0.25) is 0 Å². The lowest BCUT2D eigenvalue weighted by atomic mass is 9.68. The molecule has 31 heavy (non-hydrogen) atoms. The summed E-state index contributed by atoms with van der Waals surface area (Å²) >= 11 is 0. The third-order valence-electron chi connectivity index (χ3n) is 9.49. The second kappa shape index (κ2) is 14.6. The van der Waals surface area contributed by atoms with Gasteiger partial charge < -0.3 is 0 Å². The molecule has 0 radical (unpaired) electrons. The molecule has 0 aromatic carbocycles. The molecule has 3 aliphatic carbocycles. The van der Waals surface area contributed by atoms with Crippen LogP contribution in [0, 0.1) is 35.5 Å². The van der Waals surface area contributed by atoms with Gasteiger partial charge >= 0.3 is 0 Å². The molecular weight excluding hydrogens is 372 g/mol. The minimum absolute atomic E-state index is 0.899. The summed E-state index contributed by atoms with van der Waals surface area (Å²) in [6.07, 6.45) is 36.7. The van der Waals surface area contributed by atoms with Crippen LogP contribution in [0.5, 0.6) is 0 Å². The molecule has 0 amide bonds. The van der Waals surface area contributed by atoms with Crippen molar-refractivity contribution >= 4 is 0 Å². The number of hydrogen-bond acceptors (Lipinski definition) is 0. The monoisotopic (exact) mass is 426 g/mol. The summed E-state index contributed by atoms with van der Waals surface area (Å²) in [4.78, 5) is 0. The van der Waals surface area contributed by atoms with Gasteiger partial charge in [-0.05, 0) is 99.7 Å². The highest BCUT2D eigenvalue weighted by Gasteiger charge is 2.30. The molecule has 0 nitrogen and oxygen atoms in total. The Hall–Kier alpha value is -0.520. The Morgan fingerprint density at radius 1 is 0.613 bits per heavy atom. The van der Waals surface area contributed by atoms with Crippen molar-refractivity contribution in [3.8, 4) is 0 Å². The van der Waals surface area contributed by atoms with Crippen LogP contribution < -0.4 is 0 Å². The topological polar surface area (TPSA) is 0 Å². The van der Waals surface area contributed by atoms with E-state index in [4.69, 9.17) is 0 Å². The highest BCUT2D eigenvalue weighted by atomic mass is 14.4. The van der Waals surface area contributed by atoms with E-state index in [-0.39, 0.29) is 0 Å². The zero-order chi connectivity index (χ0) is 21.7. The normalized spacial score (nSPS) is 34.7. The third-order valence-corrected chi connectivity index (χ3v) is 9.49. The highest BCUT2D eigenvalue weighted by Crippen LogP contribution is 2.42. The molecule has 0 N–H and O–H groups in total. The molecule has 0 aromatic heterocycles. The number of unbranched alkanes of at least 4 members (excludes halogenated alkanes) is 2. The van der Waals surface area contributed by atoms with Gasteiger partial charge in [0.15, 0.2) is 0 Å². The van der Waals surface area contributed by atoms with Gasteiger partial charge in [0.25, 0.3) is 0 Å². The van der Waals surface area contributed by atoms with Crippen LogP contribution in [-0.4, -0.2) is 0 Å². The van der Waals surface area contributed by atoms with Crippen molar-refractivity contribution in [3.05, 3.63) is 24.8 Å². The first kappa shape index (κ1) is 25.1. The molecule has 0 aliphatic heterocycles. The van der Waals surface area contributed by atoms with Gasteiger partial charge in [0.2, 0.25) is 0 Å². The Labute approximate surface area is 195 Å². The summed E-state index contributed by atoms with van der Waals surface area (Å²) in [5, 5.41) is 0. The summed E-state index contributed by atoms with van der Waals surface area (Å²) in [5.74, 6) is 6.13. The lowest BCUT2D eigenvalue weighted by Gasteiger charge is -2.37. The summed E-state index contributed by atoms with van der Waals surface area (Å²) in [5.41, 5.74) is 0. The molecule has 0 heteroatoms. The minimum atomic E-state index is 0.899. The zero-order valence-corrected chi connectivity index (χ0v) is 21.0. The minimum Gasteiger partial charge on any atom is -0.103 e. The molecular formula is C31H54. The molecule has 3 saturated carbocycles. The van der Waals surface area contributed by atoms with Crippen LogP contribution in [0.4, 0.5) is 0 Å². The smallest absolute Gasteiger partial charge is 0.0233 e. The average molecular weight is 427 g/mol. The molecule has 0 heterocycles. The first-order valence-corrected chi connectivity index (χ1v) is 14.6. The maximum absolute atomic E-state index is 3.88. The van der Waals surface area contributed by atoms with Crippen LogP contribution in [0.3, 0.4) is 0 Å². The van der Waals surface area contributed by atoms with Crippen molar-refractivity contribution in [1.29, 1.82) is 0 Å². The molecule has 0 saturated heterocycles. The predicted molar refractivity (Wildman–Crippen MR) is 138 cm³/mol. The highest BCUT2D eigenvalue weighted by molar-refractivity contribution is 4.93. The Kier molecular flexibility index (Phi) is 11.8. The van der Waals surface area contributed by atoms with Crippen molar-refractivity contribution in [2.24, 2.45) is 35.5 Å². The number of hydrogen-bond donors (Lipinski definition) is 0. The van der Waals surface area contributed by atoms with Gasteiger partial charge in [0.05, 0.1) is 0 Å². The van der Waals surface area contributed by atoms with Gasteiger partial charge in [-0.15, -0.1) is 6.58 Å². The lowest BCUT2D eigenvalue weighted by Crippen LogP contribution is -2.25. The van der Waals surface area contributed by atoms with Gasteiger partial charge in [0.1, 0.15) is 0 Å². The standard InChI is InChI=1S/C31H54/c1-3-5-7-11-28-18-22-30(23-19-28)31-24-20-29(21-25-31)13-9-8-12-27-16-14-26(15-17-27)10-6-4-2/h4,9,13,26-31H,2-3,5-8,10-12,14-25H2,1H3/b13-9+/t26-,27-,28-,29?,30-,31?. The Morgan fingerprint density at radius 2 is 1.13 bits per heavy atom. The largest absolute Gasteiger partial charge is 0.103 e. The van der Waals surface area contributed by atoms with E-state index in [1.54, 1.807) is 25.7 Å². The van der Waals surface area contributed by atoms with Crippen molar-refractivity contribution in [2.45, 2.75) is 135 Å². The molecule has 0 bridgehead atoms. The van der Waals surface area contributed by atoms with E-state index < -0.39 is 0 Å². The Morgan fingerprint density at radius 3 is 1.71 bits per heavy atom. The number of rotatable bonds is 12. The van der Waals surface area contributed by atoms with Crippen molar-refractivity contribution in [1.82, 2.24) is 0 Å². The van der Waals surface area contributed by atoms with Crippen molar-refractivity contribution < 1.29 is 0 Å². The van der Waals surface area contributed by atoms with E-state index in [0.717, 1.165) is 35.5 Å². The quantitative estimate of drug-likeness (QED) is 0.215. The fourth-order valence-corrected chi connectivity index (χ4v) is 7.22. The van der Waals surface area contributed by atoms with Gasteiger partial charge in [-0.3, -0.25) is 0 Å². The Balaban J connectivity index is 1.23. The lowest BCUT2D eigenvalue weighted by molar-refractivity contribution is 0.151. The third kappa shape index (κ3) is 9.09. The second-order valence-electron chi connectivity index (χ2n) is 11.7. The predicted octanol–water partition coefficient (Wildman–Crippen LogP) is 10.3. The van der Waals surface area contributed by atoms with Crippen LogP contribution in [0.25, 0.3) is 0 Å². The summed E-state index contributed by atoms with van der Waals surface area (Å²) in [6, 6.07) is 0. The van der Waals surface area contributed by atoms with E-state index in [1.807, 2.05) is 0 Å². The molecule has 3 fully saturated rings. The first-order chi connectivity index (χ1) is 15.3. The molecule has 0 atom stereocenters. The van der Waals surface area contributed by atoms with Crippen LogP contribution >= 0.6 is 0 Å². The molecule has 3 aliphatic rings. The molecule has 0 spiro atoms. The summed E-state index contributed by atoms with van der Waals surface area (Å²) in [7, 11) is 0. The van der Waals surface area contributed by atoms with E-state index in [9.17, 15) is 0 Å². The fourth-order valence-electron chi connectivity index (χ4n) is 7.22. The molecule has 3 rings (SSSR count). The summed E-state index contributed by atoms with van der Waals surface area (Å²) < 4.78 is 0. The van der Waals surface area contributed by atoms with Crippen molar-refractivity contribution in [2.75, 3.05) is 0 Å². The van der Waals surface area contributed by atoms with E-state index in [0.29, 0.717) is 0 Å². The second-order valence-corrected chi connectivity index (χ2v) is 11.7. The van der Waals surface area contributed by atoms with E-state index >= 15 is 0 Å². The number of allylic oxidation sites excluding steroid dienone is 3. The maximum atomic E-state index is 3.88. The van der Waals surface area contributed by atoms with E-state index in [2.05, 4.69) is 31.7 Å².